The van der Waals surface area contributed by atoms with Gasteiger partial charge in [0.2, 0.25) is 17.7 Å². The number of carbonyl (C=O) groups is 4. The number of aryl methyl sites for hydroxylation is 2. The fraction of sp³-hybridized carbons (Fsp3) is 0.677. The van der Waals surface area contributed by atoms with E-state index in [1.54, 1.807) is 4.90 Å². The van der Waals surface area contributed by atoms with Crippen molar-refractivity contribution in [2.75, 3.05) is 18.4 Å². The number of nitrogens with one attached hydrogen (secondary N) is 2. The Morgan fingerprint density at radius 1 is 0.872 bits per heavy atom. The van der Waals surface area contributed by atoms with E-state index >= 15 is 0 Å². The van der Waals surface area contributed by atoms with E-state index in [4.69, 9.17) is 0 Å². The molecule has 39 heavy (non-hydrogen) atoms. The molecule has 3 aliphatic carbocycles. The Morgan fingerprint density at radius 3 is 2.21 bits per heavy atom. The Morgan fingerprint density at radius 2 is 1.51 bits per heavy atom. The molecule has 5 amide bonds. The molecule has 212 valence electrons. The molecule has 1 aliphatic heterocycles. The van der Waals surface area contributed by atoms with E-state index in [0.717, 1.165) is 81.0 Å². The van der Waals surface area contributed by atoms with Gasteiger partial charge in [0.05, 0.1) is 5.92 Å². The second kappa shape index (κ2) is 12.1. The predicted molar refractivity (Wildman–Crippen MR) is 150 cm³/mol. The number of urea groups is 1. The molecule has 0 spiro atoms. The molecule has 2 atom stereocenters. The molecule has 1 saturated heterocycles. The third kappa shape index (κ3) is 6.15. The van der Waals surface area contributed by atoms with E-state index in [9.17, 15) is 19.2 Å². The molecule has 4 fully saturated rings. The third-order valence-corrected chi connectivity index (χ3v) is 9.61. The Balaban J connectivity index is 1.22. The maximum Gasteiger partial charge on any atom is 0.327 e. The maximum atomic E-state index is 13.7. The van der Waals surface area contributed by atoms with E-state index in [1.807, 2.05) is 32.0 Å². The van der Waals surface area contributed by atoms with E-state index in [0.29, 0.717) is 12.6 Å². The first kappa shape index (κ1) is 27.7. The Hall–Kier alpha value is -2.90. The molecule has 2 unspecified atom stereocenters. The van der Waals surface area contributed by atoms with Gasteiger partial charge in [0.15, 0.2) is 0 Å². The van der Waals surface area contributed by atoms with E-state index in [-0.39, 0.29) is 54.1 Å². The zero-order chi connectivity index (χ0) is 27.5. The van der Waals surface area contributed by atoms with Crippen molar-refractivity contribution in [3.05, 3.63) is 29.3 Å². The van der Waals surface area contributed by atoms with E-state index in [1.165, 1.54) is 17.7 Å². The molecule has 2 N–H and O–H groups in total. The minimum Gasteiger partial charge on any atom is -0.353 e. The normalized spacial score (nSPS) is 27.8. The number of para-hydroxylation sites is 1. The first-order valence-electron chi connectivity index (χ1n) is 15.1. The van der Waals surface area contributed by atoms with Gasteiger partial charge < -0.3 is 15.5 Å². The van der Waals surface area contributed by atoms with E-state index in [2.05, 4.69) is 10.6 Å². The highest BCUT2D eigenvalue weighted by Gasteiger charge is 2.48. The molecule has 4 aliphatic rings. The fourth-order valence-electron chi connectivity index (χ4n) is 7.32. The van der Waals surface area contributed by atoms with Crippen LogP contribution in [0.15, 0.2) is 18.2 Å². The first-order chi connectivity index (χ1) is 18.8. The average Bonchev–Trinajstić information content (AvgIpc) is 3.44. The molecule has 0 radical (unpaired) electrons. The lowest BCUT2D eigenvalue weighted by molar-refractivity contribution is -0.142. The summed E-state index contributed by atoms with van der Waals surface area (Å²) in [5, 5.41) is 6.25. The Kier molecular flexibility index (Phi) is 8.57. The van der Waals surface area contributed by atoms with Crippen molar-refractivity contribution in [3.8, 4) is 0 Å². The van der Waals surface area contributed by atoms with Crippen LogP contribution in [0, 0.1) is 31.6 Å². The molecule has 1 aromatic carbocycles. The number of anilines is 1. The highest BCUT2D eigenvalue weighted by atomic mass is 16.2. The quantitative estimate of drug-likeness (QED) is 0.516. The van der Waals surface area contributed by atoms with Crippen LogP contribution in [-0.4, -0.2) is 58.7 Å². The van der Waals surface area contributed by atoms with Crippen LogP contribution in [0.5, 0.6) is 0 Å². The summed E-state index contributed by atoms with van der Waals surface area (Å²) in [6.45, 7) is 4.25. The average molecular weight is 537 g/mol. The molecular formula is C31H44N4O4. The van der Waals surface area contributed by atoms with Gasteiger partial charge in [0.1, 0.15) is 6.54 Å². The standard InChI is InChI=1S/C31H44N4O4/c1-20-8-7-9-21(2)28(20)33-27(36)19-34-26-13-6-5-12-25(26)30(38)35(31(34)39)18-22-14-16-23(17-15-22)29(37)32-24-10-3-4-11-24/h7-9,22-26H,3-6,10-19H2,1-2H3,(H,32,37)(H,33,36). The minimum absolute atomic E-state index is 0.0300. The second-order valence-corrected chi connectivity index (χ2v) is 12.3. The third-order valence-electron chi connectivity index (χ3n) is 9.61. The zero-order valence-corrected chi connectivity index (χ0v) is 23.5. The Bertz CT molecular complexity index is 1070. The fourth-order valence-corrected chi connectivity index (χ4v) is 7.32. The number of fused-ring (bicyclic) bond motifs is 1. The van der Waals surface area contributed by atoms with Gasteiger partial charge in [0.25, 0.3) is 0 Å². The van der Waals surface area contributed by atoms with Crippen molar-refractivity contribution >= 4 is 29.4 Å². The smallest absolute Gasteiger partial charge is 0.327 e. The number of hydrogen-bond donors (Lipinski definition) is 2. The number of carbonyl (C=O) groups excluding carboxylic acids is 4. The molecule has 3 saturated carbocycles. The van der Waals surface area contributed by atoms with Gasteiger partial charge in [-0.15, -0.1) is 0 Å². The van der Waals surface area contributed by atoms with Crippen LogP contribution >= 0.6 is 0 Å². The summed E-state index contributed by atoms with van der Waals surface area (Å²) in [6, 6.07) is 5.66. The summed E-state index contributed by atoms with van der Waals surface area (Å²) in [5.41, 5.74) is 2.75. The molecule has 0 bridgehead atoms. The highest BCUT2D eigenvalue weighted by molar-refractivity contribution is 6.02. The number of amides is 5. The summed E-state index contributed by atoms with van der Waals surface area (Å²) in [4.78, 5) is 56.3. The summed E-state index contributed by atoms with van der Waals surface area (Å²) >= 11 is 0. The minimum atomic E-state index is -0.332. The number of rotatable bonds is 7. The zero-order valence-electron chi connectivity index (χ0n) is 23.5. The summed E-state index contributed by atoms with van der Waals surface area (Å²) < 4.78 is 0. The molecule has 0 aromatic heterocycles. The van der Waals surface area contributed by atoms with Gasteiger partial charge >= 0.3 is 6.03 Å². The van der Waals surface area contributed by atoms with Crippen LogP contribution in [0.1, 0.15) is 88.2 Å². The first-order valence-corrected chi connectivity index (χ1v) is 15.1. The molecule has 1 heterocycles. The highest BCUT2D eigenvalue weighted by Crippen LogP contribution is 2.37. The number of nitrogens with zero attached hydrogens (tertiary/aromatic N) is 2. The molecule has 8 nitrogen and oxygen atoms in total. The number of benzene rings is 1. The van der Waals surface area contributed by atoms with Crippen molar-refractivity contribution in [3.63, 3.8) is 0 Å². The van der Waals surface area contributed by atoms with Gasteiger partial charge in [0, 0.05) is 30.2 Å². The van der Waals surface area contributed by atoms with Gasteiger partial charge in [-0.1, -0.05) is 43.9 Å². The van der Waals surface area contributed by atoms with Crippen LogP contribution in [0.4, 0.5) is 10.5 Å². The van der Waals surface area contributed by atoms with Crippen molar-refractivity contribution < 1.29 is 19.2 Å². The van der Waals surface area contributed by atoms with Crippen LogP contribution in [0.25, 0.3) is 0 Å². The lowest BCUT2D eigenvalue weighted by Gasteiger charge is -2.47. The van der Waals surface area contributed by atoms with Crippen molar-refractivity contribution in [2.24, 2.45) is 17.8 Å². The van der Waals surface area contributed by atoms with Crippen LogP contribution in [0.3, 0.4) is 0 Å². The van der Waals surface area contributed by atoms with Crippen LogP contribution in [-0.2, 0) is 14.4 Å². The van der Waals surface area contributed by atoms with Crippen molar-refractivity contribution in [2.45, 2.75) is 103 Å². The lowest BCUT2D eigenvalue weighted by Crippen LogP contribution is -2.64. The van der Waals surface area contributed by atoms with Crippen LogP contribution < -0.4 is 10.6 Å². The maximum absolute atomic E-state index is 13.7. The summed E-state index contributed by atoms with van der Waals surface area (Å²) in [7, 11) is 0. The van der Waals surface area contributed by atoms with Gasteiger partial charge in [-0.25, -0.2) is 4.79 Å². The topological polar surface area (TPSA) is 98.8 Å². The van der Waals surface area contributed by atoms with E-state index < -0.39 is 0 Å². The van der Waals surface area contributed by atoms with Gasteiger partial charge in [-0.05, 0) is 82.3 Å². The predicted octanol–water partition coefficient (Wildman–Crippen LogP) is 4.93. The summed E-state index contributed by atoms with van der Waals surface area (Å²) in [5.74, 6) is -0.138. The van der Waals surface area contributed by atoms with Gasteiger partial charge in [-0.3, -0.25) is 19.3 Å². The largest absolute Gasteiger partial charge is 0.353 e. The summed E-state index contributed by atoms with van der Waals surface area (Å²) in [6.07, 6.45) is 11.3. The lowest BCUT2D eigenvalue weighted by atomic mass is 9.79. The second-order valence-electron chi connectivity index (χ2n) is 12.3. The van der Waals surface area contributed by atoms with Crippen molar-refractivity contribution in [1.82, 2.24) is 15.1 Å². The van der Waals surface area contributed by atoms with Crippen LogP contribution in [0.2, 0.25) is 0 Å². The van der Waals surface area contributed by atoms with Gasteiger partial charge in [-0.2, -0.15) is 0 Å². The number of imide groups is 1. The monoisotopic (exact) mass is 536 g/mol. The van der Waals surface area contributed by atoms with Crippen molar-refractivity contribution in [1.29, 1.82) is 0 Å². The molecular weight excluding hydrogens is 492 g/mol. The Labute approximate surface area is 232 Å². The SMILES string of the molecule is Cc1cccc(C)c1NC(=O)CN1C(=O)N(CC2CCC(C(=O)NC3CCCC3)CC2)C(=O)C2CCCCC21. The molecule has 1 aromatic rings. The number of hydrogen-bond acceptors (Lipinski definition) is 4. The molecule has 8 heteroatoms. The molecule has 5 rings (SSSR count).